The summed E-state index contributed by atoms with van der Waals surface area (Å²) in [4.78, 5) is 21.4. The van der Waals surface area contributed by atoms with E-state index in [0.29, 0.717) is 24.5 Å². The molecule has 2 bridgehead atoms. The molecule has 0 amide bonds. The maximum Gasteiger partial charge on any atom is 0.280 e. The van der Waals surface area contributed by atoms with Crippen LogP contribution in [0, 0.1) is 0 Å². The van der Waals surface area contributed by atoms with Gasteiger partial charge in [-0.05, 0) is 38.8 Å². The highest BCUT2D eigenvalue weighted by molar-refractivity contribution is 5.96. The van der Waals surface area contributed by atoms with Crippen LogP contribution < -0.4 is 4.74 Å². The van der Waals surface area contributed by atoms with Gasteiger partial charge in [0.1, 0.15) is 22.8 Å². The van der Waals surface area contributed by atoms with Crippen molar-refractivity contribution in [1.82, 2.24) is 14.4 Å². The van der Waals surface area contributed by atoms with Gasteiger partial charge in [-0.15, -0.1) is 0 Å². The van der Waals surface area contributed by atoms with Gasteiger partial charge in [0.05, 0.1) is 24.5 Å². The number of alkyl halides is 2. The lowest BCUT2D eigenvalue weighted by Crippen LogP contribution is -2.45. The third-order valence-electron chi connectivity index (χ3n) is 6.23. The second-order valence-corrected chi connectivity index (χ2v) is 8.71. The van der Waals surface area contributed by atoms with Crippen molar-refractivity contribution in [1.29, 1.82) is 0 Å². The minimum absolute atomic E-state index is 0.00912. The Labute approximate surface area is 178 Å². The lowest BCUT2D eigenvalue weighted by molar-refractivity contribution is 0.0154. The monoisotopic (exact) mass is 427 g/mol. The summed E-state index contributed by atoms with van der Waals surface area (Å²) in [5.74, 6) is 0.213. The van der Waals surface area contributed by atoms with Gasteiger partial charge in [0.25, 0.3) is 6.43 Å². The average Bonchev–Trinajstić information content (AvgIpc) is 3.39. The van der Waals surface area contributed by atoms with Gasteiger partial charge in [-0.25, -0.2) is 18.7 Å². The number of rotatable bonds is 7. The molecule has 2 aliphatic heterocycles. The molecule has 0 radical (unpaired) electrons. The lowest BCUT2D eigenvalue weighted by Gasteiger charge is -2.41. The van der Waals surface area contributed by atoms with Crippen LogP contribution in [0.5, 0.6) is 5.75 Å². The lowest BCUT2D eigenvalue weighted by atomic mass is 9.62. The van der Waals surface area contributed by atoms with Crippen molar-refractivity contribution in [3.63, 3.8) is 0 Å². The number of carbonyl (C=O) groups excluding carboxylic acids is 1. The van der Waals surface area contributed by atoms with Gasteiger partial charge in [0, 0.05) is 35.9 Å². The molecule has 6 rings (SSSR count). The Balaban J connectivity index is 1.47. The first kappa shape index (κ1) is 20.1. The highest BCUT2D eigenvalue weighted by atomic mass is 19.3. The number of ether oxygens (including phenoxy) is 2. The van der Waals surface area contributed by atoms with E-state index >= 15 is 0 Å². The van der Waals surface area contributed by atoms with Crippen molar-refractivity contribution in [2.75, 3.05) is 13.2 Å². The summed E-state index contributed by atoms with van der Waals surface area (Å²) >= 11 is 0. The fraction of sp³-hybridized carbons (Fsp3) is 0.435. The van der Waals surface area contributed by atoms with Crippen LogP contribution in [-0.2, 0) is 16.6 Å². The third kappa shape index (κ3) is 3.39. The predicted molar refractivity (Wildman–Crippen MR) is 109 cm³/mol. The van der Waals surface area contributed by atoms with E-state index in [9.17, 15) is 13.6 Å². The van der Waals surface area contributed by atoms with Crippen molar-refractivity contribution in [2.24, 2.45) is 0 Å². The van der Waals surface area contributed by atoms with Crippen LogP contribution in [-0.4, -0.2) is 39.0 Å². The molecule has 0 spiro atoms. The molecule has 2 saturated heterocycles. The summed E-state index contributed by atoms with van der Waals surface area (Å²) in [5.41, 5.74) is 1.91. The number of fused-ring (bicyclic) bond motifs is 2. The minimum Gasteiger partial charge on any atom is -0.493 e. The molecule has 3 aliphatic rings. The number of ketones is 1. The molecule has 3 fully saturated rings. The Morgan fingerprint density at radius 1 is 1.29 bits per heavy atom. The van der Waals surface area contributed by atoms with Gasteiger partial charge in [-0.3, -0.25) is 4.79 Å². The van der Waals surface area contributed by atoms with E-state index in [2.05, 4.69) is 11.9 Å². The maximum absolute atomic E-state index is 13.0. The Kier molecular flexibility index (Phi) is 4.58. The number of hydrogen-bond donors (Lipinski definition) is 0. The van der Waals surface area contributed by atoms with E-state index in [4.69, 9.17) is 14.5 Å². The second-order valence-electron chi connectivity index (χ2n) is 8.71. The van der Waals surface area contributed by atoms with Crippen LogP contribution in [0.15, 0.2) is 36.7 Å². The Morgan fingerprint density at radius 3 is 2.77 bits per heavy atom. The number of carbonyl (C=O) groups is 1. The first-order valence-electron chi connectivity index (χ1n) is 10.4. The Morgan fingerprint density at radius 2 is 2.10 bits per heavy atom. The van der Waals surface area contributed by atoms with Crippen molar-refractivity contribution in [3.8, 4) is 5.75 Å². The molecule has 0 N–H and O–H groups in total. The normalized spacial score (nSPS) is 24.5. The van der Waals surface area contributed by atoms with Crippen LogP contribution in [0.1, 0.15) is 60.6 Å². The quantitative estimate of drug-likeness (QED) is 0.526. The standard InChI is InChI=1S/C23H23F2N3O3/c1-3-30-18-8-20-27-19(23-11-22(2,12-23)31-13-23)10-28(20)9-14(18)7-17(29)15-5-4-6-16(26-15)21(24)25/h4-6,8-10,21H,3,7,11-13H2,1-2H3. The minimum atomic E-state index is -2.72. The van der Waals surface area contributed by atoms with Crippen LogP contribution in [0.3, 0.4) is 0 Å². The summed E-state index contributed by atoms with van der Waals surface area (Å²) in [6.45, 7) is 5.09. The van der Waals surface area contributed by atoms with E-state index in [1.165, 1.54) is 18.2 Å². The fourth-order valence-corrected chi connectivity index (χ4v) is 4.88. The fourth-order valence-electron chi connectivity index (χ4n) is 4.88. The number of nitrogens with zero attached hydrogens (tertiary/aromatic N) is 3. The van der Waals surface area contributed by atoms with Crippen LogP contribution in [0.25, 0.3) is 5.65 Å². The Hall–Kier alpha value is -2.87. The zero-order valence-electron chi connectivity index (χ0n) is 17.4. The molecule has 3 aromatic rings. The first-order valence-corrected chi connectivity index (χ1v) is 10.4. The smallest absolute Gasteiger partial charge is 0.280 e. The topological polar surface area (TPSA) is 65.7 Å². The molecule has 8 heteroatoms. The summed E-state index contributed by atoms with van der Waals surface area (Å²) in [5, 5.41) is 0. The number of imidazole rings is 1. The molecule has 1 aliphatic carbocycles. The van der Waals surface area contributed by atoms with E-state index in [1.54, 1.807) is 0 Å². The number of aromatic nitrogens is 3. The molecule has 0 atom stereocenters. The van der Waals surface area contributed by atoms with Crippen molar-refractivity contribution >= 4 is 11.4 Å². The van der Waals surface area contributed by atoms with E-state index in [-0.39, 0.29) is 28.9 Å². The summed E-state index contributed by atoms with van der Waals surface area (Å²) in [6, 6.07) is 5.91. The SMILES string of the molecule is CCOc1cc2nc(C34COC(C)(C3)C4)cn2cc1CC(=O)c1cccc(C(F)F)n1. The van der Waals surface area contributed by atoms with Crippen molar-refractivity contribution in [2.45, 2.75) is 50.6 Å². The van der Waals surface area contributed by atoms with Gasteiger partial charge in [-0.1, -0.05) is 6.07 Å². The highest BCUT2D eigenvalue weighted by Crippen LogP contribution is 2.58. The molecule has 31 heavy (non-hydrogen) atoms. The molecule has 6 nitrogen and oxygen atoms in total. The zero-order chi connectivity index (χ0) is 21.8. The van der Waals surface area contributed by atoms with Gasteiger partial charge in [0.2, 0.25) is 0 Å². The molecule has 0 unspecified atom stereocenters. The second kappa shape index (κ2) is 7.09. The van der Waals surface area contributed by atoms with Crippen LogP contribution in [0.4, 0.5) is 8.78 Å². The molecular formula is C23H23F2N3O3. The zero-order valence-corrected chi connectivity index (χ0v) is 17.4. The maximum atomic E-state index is 13.0. The Bertz CT molecular complexity index is 1170. The number of halogens is 2. The molecule has 0 aromatic carbocycles. The average molecular weight is 427 g/mol. The van der Waals surface area contributed by atoms with Crippen LogP contribution in [0.2, 0.25) is 0 Å². The van der Waals surface area contributed by atoms with Crippen LogP contribution >= 0.6 is 0 Å². The summed E-state index contributed by atoms with van der Waals surface area (Å²) < 4.78 is 39.5. The molecule has 162 valence electrons. The molecular weight excluding hydrogens is 404 g/mol. The number of pyridine rings is 2. The van der Waals surface area contributed by atoms with Gasteiger partial charge < -0.3 is 13.9 Å². The van der Waals surface area contributed by atoms with Crippen molar-refractivity contribution < 1.29 is 23.0 Å². The third-order valence-corrected chi connectivity index (χ3v) is 6.23. The van der Waals surface area contributed by atoms with Gasteiger partial charge >= 0.3 is 0 Å². The summed E-state index contributed by atoms with van der Waals surface area (Å²) in [6.07, 6.45) is 3.00. The largest absolute Gasteiger partial charge is 0.493 e. The molecule has 3 aromatic heterocycles. The predicted octanol–water partition coefficient (Wildman–Crippen LogP) is 4.31. The van der Waals surface area contributed by atoms with E-state index < -0.39 is 12.1 Å². The first-order chi connectivity index (χ1) is 14.8. The number of Topliss-reactive ketones (excluding diaryl/α,β-unsaturated/α-hetero) is 1. The van der Waals surface area contributed by atoms with Crippen molar-refractivity contribution in [3.05, 3.63) is 59.3 Å². The summed E-state index contributed by atoms with van der Waals surface area (Å²) in [7, 11) is 0. The van der Waals surface area contributed by atoms with Gasteiger partial charge in [-0.2, -0.15) is 0 Å². The van der Waals surface area contributed by atoms with E-state index in [1.807, 2.05) is 29.8 Å². The molecule has 5 heterocycles. The van der Waals surface area contributed by atoms with Gasteiger partial charge in [0.15, 0.2) is 5.78 Å². The highest BCUT2D eigenvalue weighted by Gasteiger charge is 2.61. The van der Waals surface area contributed by atoms with E-state index in [0.717, 1.165) is 24.2 Å². The molecule has 1 saturated carbocycles. The number of hydrogen-bond acceptors (Lipinski definition) is 5.